The van der Waals surface area contributed by atoms with Crippen molar-refractivity contribution < 1.29 is 9.53 Å². The summed E-state index contributed by atoms with van der Waals surface area (Å²) in [7, 11) is 0. The lowest BCUT2D eigenvalue weighted by Crippen LogP contribution is -2.30. The fraction of sp³-hybridized carbons (Fsp3) is 0.188. The molecular weight excluding hydrogens is 350 g/mol. The van der Waals surface area contributed by atoms with Crippen LogP contribution < -0.4 is 10.1 Å². The minimum Gasteiger partial charge on any atom is -0.488 e. The van der Waals surface area contributed by atoms with Gasteiger partial charge in [0.2, 0.25) is 0 Å². The number of halogens is 1. The van der Waals surface area contributed by atoms with Gasteiger partial charge in [0.1, 0.15) is 12.4 Å². The molecule has 0 spiro atoms. The van der Waals surface area contributed by atoms with E-state index in [0.29, 0.717) is 18.7 Å². The van der Waals surface area contributed by atoms with Crippen LogP contribution in [0.3, 0.4) is 0 Å². The molecule has 3 nitrogen and oxygen atoms in total. The first kappa shape index (κ1) is 14.4. The number of para-hydroxylation sites is 1. The molecule has 1 aromatic heterocycles. The SMILES string of the molecule is O=C(NCCc1ccc(Br)s1)C1=Cc2ccccc2OC1. The number of carbonyl (C=O) groups excluding carboxylic acids is 1. The van der Waals surface area contributed by atoms with E-state index >= 15 is 0 Å². The quantitative estimate of drug-likeness (QED) is 0.900. The molecule has 0 atom stereocenters. The molecule has 1 aliphatic heterocycles. The van der Waals surface area contributed by atoms with E-state index < -0.39 is 0 Å². The van der Waals surface area contributed by atoms with E-state index in [1.807, 2.05) is 36.4 Å². The van der Waals surface area contributed by atoms with E-state index in [9.17, 15) is 4.79 Å². The first-order chi connectivity index (χ1) is 10.2. The smallest absolute Gasteiger partial charge is 0.250 e. The van der Waals surface area contributed by atoms with E-state index in [4.69, 9.17) is 4.74 Å². The van der Waals surface area contributed by atoms with Gasteiger partial charge in [-0.2, -0.15) is 0 Å². The molecular formula is C16H14BrNO2S. The number of hydrogen-bond acceptors (Lipinski definition) is 3. The highest BCUT2D eigenvalue weighted by atomic mass is 79.9. The Balaban J connectivity index is 1.58. The van der Waals surface area contributed by atoms with Crippen molar-refractivity contribution in [1.29, 1.82) is 0 Å². The normalized spacial score (nSPS) is 13.1. The Morgan fingerprint density at radius 2 is 2.14 bits per heavy atom. The molecule has 1 amide bonds. The topological polar surface area (TPSA) is 38.3 Å². The highest BCUT2D eigenvalue weighted by molar-refractivity contribution is 9.11. The predicted molar refractivity (Wildman–Crippen MR) is 88.6 cm³/mol. The number of rotatable bonds is 4. The van der Waals surface area contributed by atoms with Crippen LogP contribution in [0.2, 0.25) is 0 Å². The molecule has 0 fully saturated rings. The minimum absolute atomic E-state index is 0.0554. The van der Waals surface area contributed by atoms with Crippen molar-refractivity contribution in [3.8, 4) is 5.75 Å². The van der Waals surface area contributed by atoms with Crippen molar-refractivity contribution in [3.05, 3.63) is 56.2 Å². The van der Waals surface area contributed by atoms with Gasteiger partial charge in [0.15, 0.2) is 0 Å². The zero-order valence-electron chi connectivity index (χ0n) is 11.3. The van der Waals surface area contributed by atoms with Gasteiger partial charge >= 0.3 is 0 Å². The highest BCUT2D eigenvalue weighted by Gasteiger charge is 2.16. The van der Waals surface area contributed by atoms with Crippen LogP contribution in [0.25, 0.3) is 6.08 Å². The van der Waals surface area contributed by atoms with Crippen LogP contribution in [0.1, 0.15) is 10.4 Å². The molecule has 1 aromatic carbocycles. The summed E-state index contributed by atoms with van der Waals surface area (Å²) in [6, 6.07) is 11.8. The third-order valence-corrected chi connectivity index (χ3v) is 4.89. The van der Waals surface area contributed by atoms with E-state index in [2.05, 4.69) is 27.3 Å². The van der Waals surface area contributed by atoms with Gasteiger partial charge in [-0.15, -0.1) is 11.3 Å². The monoisotopic (exact) mass is 363 g/mol. The second kappa shape index (κ2) is 6.45. The lowest BCUT2D eigenvalue weighted by Gasteiger charge is -2.17. The number of carbonyl (C=O) groups is 1. The number of thiophene rings is 1. The molecule has 1 aliphatic rings. The number of amides is 1. The Morgan fingerprint density at radius 3 is 2.95 bits per heavy atom. The molecule has 2 aromatic rings. The van der Waals surface area contributed by atoms with Crippen molar-refractivity contribution in [1.82, 2.24) is 5.32 Å². The summed E-state index contributed by atoms with van der Waals surface area (Å²) in [5.41, 5.74) is 1.62. The number of ether oxygens (including phenoxy) is 1. The maximum absolute atomic E-state index is 12.1. The van der Waals surface area contributed by atoms with E-state index in [0.717, 1.165) is 21.5 Å². The Hall–Kier alpha value is -1.59. The maximum atomic E-state index is 12.1. The Morgan fingerprint density at radius 1 is 1.29 bits per heavy atom. The summed E-state index contributed by atoms with van der Waals surface area (Å²) in [6.07, 6.45) is 2.74. The molecule has 3 rings (SSSR count). The highest BCUT2D eigenvalue weighted by Crippen LogP contribution is 2.25. The van der Waals surface area contributed by atoms with Gasteiger partial charge in [0.05, 0.1) is 9.36 Å². The third-order valence-electron chi connectivity index (χ3n) is 3.21. The van der Waals surface area contributed by atoms with Gasteiger partial charge in [-0.1, -0.05) is 18.2 Å². The number of nitrogens with one attached hydrogen (secondary N) is 1. The van der Waals surface area contributed by atoms with Gasteiger partial charge in [0.25, 0.3) is 5.91 Å². The molecule has 0 saturated carbocycles. The standard InChI is InChI=1S/C16H14BrNO2S/c17-15-6-5-13(21-15)7-8-18-16(19)12-9-11-3-1-2-4-14(11)20-10-12/h1-6,9H,7-8,10H2,(H,18,19). The fourth-order valence-electron chi connectivity index (χ4n) is 2.15. The molecule has 0 aliphatic carbocycles. The lowest BCUT2D eigenvalue weighted by atomic mass is 10.1. The van der Waals surface area contributed by atoms with Gasteiger partial charge in [-0.25, -0.2) is 0 Å². The second-order valence-electron chi connectivity index (χ2n) is 4.71. The van der Waals surface area contributed by atoms with Crippen molar-refractivity contribution in [2.75, 3.05) is 13.2 Å². The second-order valence-corrected chi connectivity index (χ2v) is 7.26. The summed E-state index contributed by atoms with van der Waals surface area (Å²) < 4.78 is 6.71. The maximum Gasteiger partial charge on any atom is 0.250 e. The van der Waals surface area contributed by atoms with Crippen molar-refractivity contribution in [2.24, 2.45) is 0 Å². The van der Waals surface area contributed by atoms with Crippen LogP contribution >= 0.6 is 27.3 Å². The molecule has 0 unspecified atom stereocenters. The molecule has 1 N–H and O–H groups in total. The van der Waals surface area contributed by atoms with Crippen molar-refractivity contribution in [2.45, 2.75) is 6.42 Å². The average Bonchev–Trinajstić information content (AvgIpc) is 2.92. The number of hydrogen-bond donors (Lipinski definition) is 1. The summed E-state index contributed by atoms with van der Waals surface area (Å²) in [5, 5.41) is 2.95. The first-order valence-corrected chi connectivity index (χ1v) is 8.28. The first-order valence-electron chi connectivity index (χ1n) is 6.67. The molecule has 0 bridgehead atoms. The van der Waals surface area contributed by atoms with Crippen LogP contribution in [0, 0.1) is 0 Å². The van der Waals surface area contributed by atoms with Gasteiger partial charge < -0.3 is 10.1 Å². The lowest BCUT2D eigenvalue weighted by molar-refractivity contribution is -0.117. The summed E-state index contributed by atoms with van der Waals surface area (Å²) in [6.45, 7) is 0.957. The van der Waals surface area contributed by atoms with Gasteiger partial charge in [-0.3, -0.25) is 4.79 Å². The van der Waals surface area contributed by atoms with E-state index in [1.54, 1.807) is 11.3 Å². The average molecular weight is 364 g/mol. The van der Waals surface area contributed by atoms with E-state index in [-0.39, 0.29) is 5.91 Å². The molecule has 0 radical (unpaired) electrons. The molecule has 108 valence electrons. The summed E-state index contributed by atoms with van der Waals surface area (Å²) in [5.74, 6) is 0.776. The summed E-state index contributed by atoms with van der Waals surface area (Å²) in [4.78, 5) is 13.4. The molecule has 2 heterocycles. The number of benzene rings is 1. The Kier molecular flexibility index (Phi) is 4.41. The third kappa shape index (κ3) is 3.54. The number of fused-ring (bicyclic) bond motifs is 1. The van der Waals surface area contributed by atoms with Crippen molar-refractivity contribution >= 4 is 39.2 Å². The minimum atomic E-state index is -0.0554. The van der Waals surface area contributed by atoms with Gasteiger partial charge in [0, 0.05) is 17.0 Å². The van der Waals surface area contributed by atoms with Gasteiger partial charge in [-0.05, 0) is 46.6 Å². The van der Waals surface area contributed by atoms with Crippen LogP contribution in [-0.2, 0) is 11.2 Å². The predicted octanol–water partition coefficient (Wildman–Crippen LogP) is 3.65. The van der Waals surface area contributed by atoms with Crippen LogP contribution in [0.15, 0.2) is 45.8 Å². The van der Waals surface area contributed by atoms with Crippen LogP contribution in [0.5, 0.6) is 5.75 Å². The molecule has 0 saturated heterocycles. The summed E-state index contributed by atoms with van der Waals surface area (Å²) >= 11 is 5.13. The van der Waals surface area contributed by atoms with E-state index in [1.165, 1.54) is 4.88 Å². The largest absolute Gasteiger partial charge is 0.488 e. The zero-order chi connectivity index (χ0) is 14.7. The van der Waals surface area contributed by atoms with Crippen LogP contribution in [-0.4, -0.2) is 19.1 Å². The fourth-order valence-corrected chi connectivity index (χ4v) is 3.63. The molecule has 21 heavy (non-hydrogen) atoms. The zero-order valence-corrected chi connectivity index (χ0v) is 13.7. The Bertz CT molecular complexity index is 693. The van der Waals surface area contributed by atoms with Crippen LogP contribution in [0.4, 0.5) is 0 Å². The Labute approximate surface area is 135 Å². The molecule has 5 heteroatoms. The van der Waals surface area contributed by atoms with Crippen molar-refractivity contribution in [3.63, 3.8) is 0 Å².